The number of nitrogens with zero attached hydrogens (tertiary/aromatic N) is 2. The number of carbonyl (C=O) groups is 2. The lowest BCUT2D eigenvalue weighted by Gasteiger charge is -2.12. The number of imidazole rings is 1. The first kappa shape index (κ1) is 13.8. The molecule has 0 saturated carbocycles. The fourth-order valence-electron chi connectivity index (χ4n) is 1.78. The molecule has 0 aromatic carbocycles. The number of H-pyrrole nitrogens is 1. The molecule has 20 heavy (non-hydrogen) atoms. The molecular weight excluding hydrogens is 264 g/mol. The number of nitrogens with one attached hydrogen (secondary N) is 2. The van der Waals surface area contributed by atoms with Gasteiger partial charge in [0.2, 0.25) is 5.76 Å². The summed E-state index contributed by atoms with van der Waals surface area (Å²) in [4.78, 5) is 33.7. The smallest absolute Gasteiger partial charge is 0.326 e. The van der Waals surface area contributed by atoms with Crippen LogP contribution in [-0.4, -0.2) is 38.0 Å². The number of oxazole rings is 1. The maximum Gasteiger partial charge on any atom is 0.326 e. The number of aromatic nitrogens is 3. The van der Waals surface area contributed by atoms with Crippen molar-refractivity contribution in [1.82, 2.24) is 20.3 Å². The van der Waals surface area contributed by atoms with Crippen LogP contribution in [0.4, 0.5) is 0 Å². The van der Waals surface area contributed by atoms with Gasteiger partial charge < -0.3 is 19.8 Å². The number of hydrogen-bond donors (Lipinski definition) is 3. The minimum absolute atomic E-state index is 0.0263. The van der Waals surface area contributed by atoms with E-state index in [1.165, 1.54) is 12.5 Å². The highest BCUT2D eigenvalue weighted by molar-refractivity contribution is 5.95. The van der Waals surface area contributed by atoms with E-state index in [1.54, 1.807) is 13.8 Å². The van der Waals surface area contributed by atoms with Crippen molar-refractivity contribution in [2.45, 2.75) is 26.3 Å². The van der Waals surface area contributed by atoms with Crippen LogP contribution in [0.15, 0.2) is 16.9 Å². The Labute approximate surface area is 114 Å². The minimum atomic E-state index is -1.14. The minimum Gasteiger partial charge on any atom is -0.480 e. The molecule has 106 valence electrons. The highest BCUT2D eigenvalue weighted by Gasteiger charge is 2.24. The van der Waals surface area contributed by atoms with Crippen molar-refractivity contribution < 1.29 is 19.1 Å². The van der Waals surface area contributed by atoms with Gasteiger partial charge in [0.15, 0.2) is 5.89 Å². The third kappa shape index (κ3) is 3.02. The van der Waals surface area contributed by atoms with Crippen LogP contribution in [0, 0.1) is 13.8 Å². The second-order valence-electron chi connectivity index (χ2n) is 4.29. The van der Waals surface area contributed by atoms with E-state index in [9.17, 15) is 9.59 Å². The molecule has 0 aliphatic heterocycles. The summed E-state index contributed by atoms with van der Waals surface area (Å²) >= 11 is 0. The SMILES string of the molecule is Cc1nc(C)c(C(=O)NC(Cc2cnc[nH]2)C(=O)O)o1. The Morgan fingerprint density at radius 2 is 2.25 bits per heavy atom. The summed E-state index contributed by atoms with van der Waals surface area (Å²) in [5, 5.41) is 11.6. The van der Waals surface area contributed by atoms with Crippen molar-refractivity contribution in [1.29, 1.82) is 0 Å². The molecule has 0 saturated heterocycles. The summed E-state index contributed by atoms with van der Waals surface area (Å²) in [5.74, 6) is -1.36. The van der Waals surface area contributed by atoms with Crippen LogP contribution in [0.5, 0.6) is 0 Å². The molecule has 0 aliphatic carbocycles. The quantitative estimate of drug-likeness (QED) is 0.729. The van der Waals surface area contributed by atoms with E-state index in [-0.39, 0.29) is 12.2 Å². The van der Waals surface area contributed by atoms with Gasteiger partial charge in [0.1, 0.15) is 6.04 Å². The molecule has 1 atom stereocenters. The summed E-state index contributed by atoms with van der Waals surface area (Å²) in [6.45, 7) is 3.24. The number of carboxylic acid groups (broad SMARTS) is 1. The van der Waals surface area contributed by atoms with Crippen LogP contribution in [0.3, 0.4) is 0 Å². The van der Waals surface area contributed by atoms with Crippen LogP contribution in [0.1, 0.15) is 27.8 Å². The van der Waals surface area contributed by atoms with Gasteiger partial charge in [-0.15, -0.1) is 0 Å². The highest BCUT2D eigenvalue weighted by atomic mass is 16.4. The Morgan fingerprint density at radius 3 is 2.75 bits per heavy atom. The molecule has 8 heteroatoms. The van der Waals surface area contributed by atoms with E-state index in [2.05, 4.69) is 20.3 Å². The van der Waals surface area contributed by atoms with Gasteiger partial charge in [-0.25, -0.2) is 14.8 Å². The maximum absolute atomic E-state index is 12.0. The number of aromatic amines is 1. The molecule has 2 heterocycles. The van der Waals surface area contributed by atoms with Gasteiger partial charge in [0.25, 0.3) is 5.91 Å². The fraction of sp³-hybridized carbons (Fsp3) is 0.333. The third-order valence-electron chi connectivity index (χ3n) is 2.69. The number of aliphatic carboxylic acids is 1. The molecular formula is C12H14N4O4. The first-order valence-electron chi connectivity index (χ1n) is 5.92. The standard InChI is InChI=1S/C12H14N4O4/c1-6-10(20-7(2)15-6)11(17)16-9(12(18)19)3-8-4-13-5-14-8/h4-5,9H,3H2,1-2H3,(H,13,14)(H,16,17)(H,18,19). The molecule has 0 bridgehead atoms. The monoisotopic (exact) mass is 278 g/mol. The predicted molar refractivity (Wildman–Crippen MR) is 67.2 cm³/mol. The van der Waals surface area contributed by atoms with Crippen LogP contribution in [0.2, 0.25) is 0 Å². The molecule has 0 radical (unpaired) electrons. The van der Waals surface area contributed by atoms with E-state index in [0.717, 1.165) is 0 Å². The Morgan fingerprint density at radius 1 is 1.50 bits per heavy atom. The fourth-order valence-corrected chi connectivity index (χ4v) is 1.78. The van der Waals surface area contributed by atoms with Crippen LogP contribution in [0.25, 0.3) is 0 Å². The van der Waals surface area contributed by atoms with Crippen LogP contribution < -0.4 is 5.32 Å². The Bertz CT molecular complexity index is 617. The summed E-state index contributed by atoms with van der Waals surface area (Å²) in [5.41, 5.74) is 1.04. The second-order valence-corrected chi connectivity index (χ2v) is 4.29. The number of hydrogen-bond acceptors (Lipinski definition) is 5. The molecule has 1 amide bonds. The number of amides is 1. The maximum atomic E-state index is 12.0. The number of rotatable bonds is 5. The van der Waals surface area contributed by atoms with Gasteiger partial charge in [-0.05, 0) is 6.92 Å². The first-order valence-corrected chi connectivity index (χ1v) is 5.92. The van der Waals surface area contributed by atoms with Gasteiger partial charge >= 0.3 is 5.97 Å². The Hall–Kier alpha value is -2.64. The van der Waals surface area contributed by atoms with Crippen LogP contribution in [-0.2, 0) is 11.2 Å². The van der Waals surface area contributed by atoms with Crippen molar-refractivity contribution >= 4 is 11.9 Å². The van der Waals surface area contributed by atoms with Crippen molar-refractivity contribution in [2.75, 3.05) is 0 Å². The zero-order valence-corrected chi connectivity index (χ0v) is 11.0. The van der Waals surface area contributed by atoms with Crippen molar-refractivity contribution in [3.8, 4) is 0 Å². The number of carboxylic acids is 1. The lowest BCUT2D eigenvalue weighted by molar-refractivity contribution is -0.139. The van der Waals surface area contributed by atoms with Gasteiger partial charge in [-0.3, -0.25) is 4.79 Å². The predicted octanol–water partition coefficient (Wildman–Crippen LogP) is 0.440. The van der Waals surface area contributed by atoms with Gasteiger partial charge in [0, 0.05) is 25.2 Å². The van der Waals surface area contributed by atoms with Crippen LogP contribution >= 0.6 is 0 Å². The van der Waals surface area contributed by atoms with Crippen molar-refractivity contribution in [3.05, 3.63) is 35.6 Å². The van der Waals surface area contributed by atoms with E-state index >= 15 is 0 Å². The van der Waals surface area contributed by atoms with Gasteiger partial charge in [0.05, 0.1) is 12.0 Å². The number of aryl methyl sites for hydroxylation is 2. The first-order chi connectivity index (χ1) is 9.47. The van der Waals surface area contributed by atoms with E-state index in [4.69, 9.17) is 9.52 Å². The second kappa shape index (κ2) is 5.55. The molecule has 2 aromatic rings. The summed E-state index contributed by atoms with van der Waals surface area (Å²) in [6.07, 6.45) is 3.05. The molecule has 0 fully saturated rings. The van der Waals surface area contributed by atoms with E-state index in [1.807, 2.05) is 0 Å². The lowest BCUT2D eigenvalue weighted by Crippen LogP contribution is -2.42. The van der Waals surface area contributed by atoms with Crippen molar-refractivity contribution in [2.24, 2.45) is 0 Å². The number of carbonyl (C=O) groups excluding carboxylic acids is 1. The third-order valence-corrected chi connectivity index (χ3v) is 2.69. The van der Waals surface area contributed by atoms with Crippen molar-refractivity contribution in [3.63, 3.8) is 0 Å². The lowest BCUT2D eigenvalue weighted by atomic mass is 10.1. The van der Waals surface area contributed by atoms with Gasteiger partial charge in [-0.1, -0.05) is 0 Å². The van der Waals surface area contributed by atoms with E-state index in [0.29, 0.717) is 17.3 Å². The van der Waals surface area contributed by atoms with E-state index < -0.39 is 17.9 Å². The molecule has 0 spiro atoms. The molecule has 8 nitrogen and oxygen atoms in total. The van der Waals surface area contributed by atoms with Gasteiger partial charge in [-0.2, -0.15) is 0 Å². The molecule has 0 aliphatic rings. The normalized spacial score (nSPS) is 12.1. The summed E-state index contributed by atoms with van der Waals surface area (Å²) in [7, 11) is 0. The Balaban J connectivity index is 2.10. The zero-order chi connectivity index (χ0) is 14.7. The Kier molecular flexibility index (Phi) is 3.83. The average Bonchev–Trinajstić information content (AvgIpc) is 2.97. The highest BCUT2D eigenvalue weighted by Crippen LogP contribution is 2.10. The molecule has 2 aromatic heterocycles. The molecule has 2 rings (SSSR count). The molecule has 1 unspecified atom stereocenters. The molecule has 3 N–H and O–H groups in total. The summed E-state index contributed by atoms with van der Waals surface area (Å²) in [6, 6.07) is -1.08. The topological polar surface area (TPSA) is 121 Å². The largest absolute Gasteiger partial charge is 0.480 e. The average molecular weight is 278 g/mol. The summed E-state index contributed by atoms with van der Waals surface area (Å²) < 4.78 is 5.16. The zero-order valence-electron chi connectivity index (χ0n) is 11.0.